The molecule has 0 fully saturated rings. The number of para-hydroxylation sites is 1. The van der Waals surface area contributed by atoms with Crippen molar-refractivity contribution in [3.63, 3.8) is 0 Å². The summed E-state index contributed by atoms with van der Waals surface area (Å²) in [5.41, 5.74) is 1.49. The fraction of sp³-hybridized carbons (Fsp3) is 0.103. The second-order valence-corrected chi connectivity index (χ2v) is 8.54. The van der Waals surface area contributed by atoms with Crippen molar-refractivity contribution >= 4 is 34.6 Å². The van der Waals surface area contributed by atoms with Crippen LogP contribution in [0.1, 0.15) is 35.7 Å². The third-order valence-corrected chi connectivity index (χ3v) is 6.33. The predicted molar refractivity (Wildman–Crippen MR) is 144 cm³/mol. The van der Waals surface area contributed by atoms with Gasteiger partial charge in [-0.25, -0.2) is 4.39 Å². The van der Waals surface area contributed by atoms with Crippen molar-refractivity contribution in [2.75, 3.05) is 5.32 Å². The molecule has 0 bridgehead atoms. The average Bonchev–Trinajstić information content (AvgIpc) is 2.90. The zero-order chi connectivity index (χ0) is 24.5. The van der Waals surface area contributed by atoms with Crippen LogP contribution in [0.15, 0.2) is 101 Å². The molecule has 0 aliphatic rings. The number of anilines is 2. The van der Waals surface area contributed by atoms with Gasteiger partial charge in [0.15, 0.2) is 5.75 Å². The van der Waals surface area contributed by atoms with Gasteiger partial charge in [-0.1, -0.05) is 72.8 Å². The van der Waals surface area contributed by atoms with E-state index in [1.807, 2.05) is 30.3 Å². The fourth-order valence-corrected chi connectivity index (χ4v) is 4.48. The molecule has 36 heavy (non-hydrogen) atoms. The summed E-state index contributed by atoms with van der Waals surface area (Å²) in [6.45, 7) is 2.07. The fourth-order valence-electron chi connectivity index (χ4n) is 4.48. The standard InChI is InChI=1S/C29H23FN2O3.ClH/c1-17(21-11-6-8-18-7-2-3-9-22(18)21)31-25(19-13-15-20(30)16-14-19)23-10-4-5-12-24(23)32-26-27(33)29(35)28(26)34;/h2-17,25,31-33H,1H3;1H/t17-,25?;/m1./s1. The summed E-state index contributed by atoms with van der Waals surface area (Å²) in [5, 5.41) is 18.7. The molecule has 5 rings (SSSR count). The first-order valence-corrected chi connectivity index (χ1v) is 11.3. The summed E-state index contributed by atoms with van der Waals surface area (Å²) < 4.78 is 13.7. The van der Waals surface area contributed by atoms with E-state index in [1.54, 1.807) is 24.3 Å². The van der Waals surface area contributed by atoms with Gasteiger partial charge in [0.2, 0.25) is 0 Å². The Bertz CT molecular complexity index is 1590. The lowest BCUT2D eigenvalue weighted by molar-refractivity contribution is 0.466. The number of benzene rings is 4. The van der Waals surface area contributed by atoms with Crippen molar-refractivity contribution in [2.24, 2.45) is 0 Å². The number of halogens is 2. The summed E-state index contributed by atoms with van der Waals surface area (Å²) in [6.07, 6.45) is 0. The molecule has 0 heterocycles. The van der Waals surface area contributed by atoms with Crippen molar-refractivity contribution in [3.05, 3.63) is 134 Å². The van der Waals surface area contributed by atoms with Crippen LogP contribution in [0.4, 0.5) is 15.8 Å². The van der Waals surface area contributed by atoms with E-state index in [0.29, 0.717) is 5.69 Å². The predicted octanol–water partition coefficient (Wildman–Crippen LogP) is 5.89. The number of nitrogens with one attached hydrogen (secondary N) is 2. The Kier molecular flexibility index (Phi) is 7.20. The summed E-state index contributed by atoms with van der Waals surface area (Å²) in [4.78, 5) is 23.5. The first-order valence-electron chi connectivity index (χ1n) is 11.3. The summed E-state index contributed by atoms with van der Waals surface area (Å²) >= 11 is 0. The van der Waals surface area contributed by atoms with E-state index in [0.717, 1.165) is 27.5 Å². The molecule has 0 saturated heterocycles. The van der Waals surface area contributed by atoms with Crippen molar-refractivity contribution in [1.29, 1.82) is 0 Å². The Labute approximate surface area is 213 Å². The first-order chi connectivity index (χ1) is 16.9. The molecule has 182 valence electrons. The van der Waals surface area contributed by atoms with E-state index < -0.39 is 16.6 Å². The van der Waals surface area contributed by atoms with Crippen LogP contribution in [0.25, 0.3) is 10.8 Å². The van der Waals surface area contributed by atoms with Crippen LogP contribution in [-0.4, -0.2) is 5.11 Å². The molecule has 3 N–H and O–H groups in total. The van der Waals surface area contributed by atoms with E-state index in [9.17, 15) is 19.1 Å². The Balaban J connectivity index is 0.00000304. The SMILES string of the molecule is C[C@@H](NC(c1ccc(F)cc1)c1ccccc1Nc1c(O)c(=O)c1=O)c1cccc2ccccc12.Cl. The molecule has 0 saturated carbocycles. The lowest BCUT2D eigenvalue weighted by Crippen LogP contribution is -2.33. The molecule has 1 unspecified atom stereocenters. The zero-order valence-corrected chi connectivity index (χ0v) is 20.2. The summed E-state index contributed by atoms with van der Waals surface area (Å²) in [6, 6.07) is 27.4. The minimum atomic E-state index is -0.900. The van der Waals surface area contributed by atoms with E-state index in [-0.39, 0.29) is 36.0 Å². The van der Waals surface area contributed by atoms with Gasteiger partial charge in [-0.3, -0.25) is 14.9 Å². The van der Waals surface area contributed by atoms with Gasteiger partial charge in [-0.15, -0.1) is 12.4 Å². The zero-order valence-electron chi connectivity index (χ0n) is 19.4. The molecule has 0 aliphatic heterocycles. The number of rotatable bonds is 7. The average molecular weight is 503 g/mol. The Hall–Kier alpha value is -4.00. The highest BCUT2D eigenvalue weighted by molar-refractivity contribution is 5.86. The number of aromatic hydroxyl groups is 1. The van der Waals surface area contributed by atoms with Gasteiger partial charge in [-0.05, 0) is 52.6 Å². The molecule has 0 spiro atoms. The largest absolute Gasteiger partial charge is 0.502 e. The molecule has 7 heteroatoms. The van der Waals surface area contributed by atoms with E-state index in [2.05, 4.69) is 41.8 Å². The third kappa shape index (κ3) is 4.61. The quantitative estimate of drug-likeness (QED) is 0.242. The highest BCUT2D eigenvalue weighted by atomic mass is 35.5. The molecule has 5 nitrogen and oxygen atoms in total. The van der Waals surface area contributed by atoms with Crippen LogP contribution in [0, 0.1) is 5.82 Å². The molecule has 2 atom stereocenters. The van der Waals surface area contributed by atoms with Gasteiger partial charge in [0.25, 0.3) is 10.9 Å². The molecule has 0 aromatic heterocycles. The number of hydrogen-bond acceptors (Lipinski definition) is 5. The van der Waals surface area contributed by atoms with Crippen LogP contribution >= 0.6 is 12.4 Å². The molecule has 5 aromatic carbocycles. The number of fused-ring (bicyclic) bond motifs is 1. The summed E-state index contributed by atoms with van der Waals surface area (Å²) in [7, 11) is 0. The van der Waals surface area contributed by atoms with E-state index >= 15 is 0 Å². The third-order valence-electron chi connectivity index (χ3n) is 6.33. The maximum absolute atomic E-state index is 13.7. The lowest BCUT2D eigenvalue weighted by Gasteiger charge is -2.27. The molecule has 0 amide bonds. The van der Waals surface area contributed by atoms with Crippen molar-refractivity contribution in [2.45, 2.75) is 19.0 Å². The van der Waals surface area contributed by atoms with Gasteiger partial charge >= 0.3 is 0 Å². The molecular formula is C29H24ClFN2O3. The Morgan fingerprint density at radius 1 is 0.778 bits per heavy atom. The van der Waals surface area contributed by atoms with E-state index in [4.69, 9.17) is 0 Å². The molecular weight excluding hydrogens is 479 g/mol. The van der Waals surface area contributed by atoms with Gasteiger partial charge in [-0.2, -0.15) is 0 Å². The van der Waals surface area contributed by atoms with Gasteiger partial charge in [0, 0.05) is 11.7 Å². The minimum absolute atomic E-state index is 0. The van der Waals surface area contributed by atoms with Crippen LogP contribution in [0.3, 0.4) is 0 Å². The monoisotopic (exact) mass is 502 g/mol. The van der Waals surface area contributed by atoms with Crippen molar-refractivity contribution in [3.8, 4) is 5.75 Å². The lowest BCUT2D eigenvalue weighted by atomic mass is 9.93. The first kappa shape index (κ1) is 25.1. The van der Waals surface area contributed by atoms with Crippen LogP contribution < -0.4 is 21.5 Å². The molecule has 0 aliphatic carbocycles. The molecule has 0 radical (unpaired) electrons. The van der Waals surface area contributed by atoms with Crippen LogP contribution in [0.5, 0.6) is 5.75 Å². The van der Waals surface area contributed by atoms with Gasteiger partial charge in [0.1, 0.15) is 11.5 Å². The number of hydrogen-bond donors (Lipinski definition) is 3. The smallest absolute Gasteiger partial charge is 0.271 e. The maximum Gasteiger partial charge on any atom is 0.271 e. The maximum atomic E-state index is 13.7. The van der Waals surface area contributed by atoms with Crippen molar-refractivity contribution < 1.29 is 9.50 Å². The summed E-state index contributed by atoms with van der Waals surface area (Å²) in [5.74, 6) is -0.908. The Morgan fingerprint density at radius 2 is 1.42 bits per heavy atom. The van der Waals surface area contributed by atoms with Crippen LogP contribution in [0.2, 0.25) is 0 Å². The molecule has 5 aromatic rings. The van der Waals surface area contributed by atoms with Crippen LogP contribution in [-0.2, 0) is 0 Å². The minimum Gasteiger partial charge on any atom is -0.502 e. The highest BCUT2D eigenvalue weighted by Gasteiger charge is 2.25. The topological polar surface area (TPSA) is 78.4 Å². The second-order valence-electron chi connectivity index (χ2n) is 8.54. The van der Waals surface area contributed by atoms with Crippen molar-refractivity contribution in [1.82, 2.24) is 5.32 Å². The Morgan fingerprint density at radius 3 is 2.17 bits per heavy atom. The van der Waals surface area contributed by atoms with E-state index in [1.165, 1.54) is 12.1 Å². The highest BCUT2D eigenvalue weighted by Crippen LogP contribution is 2.34. The normalized spacial score (nSPS) is 12.7. The second kappa shape index (κ2) is 10.3. The van der Waals surface area contributed by atoms with Gasteiger partial charge < -0.3 is 10.4 Å². The van der Waals surface area contributed by atoms with Gasteiger partial charge in [0.05, 0.1) is 6.04 Å².